The summed E-state index contributed by atoms with van der Waals surface area (Å²) in [6, 6.07) is 10.7. The van der Waals surface area contributed by atoms with Crippen LogP contribution < -0.4 is 15.4 Å². The summed E-state index contributed by atoms with van der Waals surface area (Å²) in [5.41, 5.74) is 1.42. The molecule has 2 aromatic rings. The van der Waals surface area contributed by atoms with Crippen molar-refractivity contribution in [3.8, 4) is 5.75 Å². The normalized spacial score (nSPS) is 10.0. The minimum Gasteiger partial charge on any atom is -0.496 e. The van der Waals surface area contributed by atoms with Crippen LogP contribution in [-0.4, -0.2) is 24.5 Å². The van der Waals surface area contributed by atoms with Gasteiger partial charge in [-0.2, -0.15) is 0 Å². The molecule has 0 saturated carbocycles. The first-order valence-corrected chi connectivity index (χ1v) is 6.89. The van der Waals surface area contributed by atoms with E-state index < -0.39 is 0 Å². The molecular formula is C16H19N3O2. The van der Waals surface area contributed by atoms with Gasteiger partial charge in [0.25, 0.3) is 5.91 Å². The number of anilines is 2. The number of nitrogens with zero attached hydrogens (tertiary/aromatic N) is 1. The molecule has 110 valence electrons. The third-order valence-corrected chi connectivity index (χ3v) is 2.94. The van der Waals surface area contributed by atoms with E-state index in [1.165, 1.54) is 0 Å². The average molecular weight is 285 g/mol. The van der Waals surface area contributed by atoms with E-state index in [0.717, 1.165) is 18.7 Å². The van der Waals surface area contributed by atoms with Crippen molar-refractivity contribution in [2.45, 2.75) is 13.3 Å². The molecule has 2 rings (SSSR count). The van der Waals surface area contributed by atoms with Crippen LogP contribution in [0.5, 0.6) is 5.75 Å². The molecule has 1 aromatic carbocycles. The zero-order valence-electron chi connectivity index (χ0n) is 12.2. The maximum absolute atomic E-state index is 12.2. The molecule has 0 saturated heterocycles. The fraction of sp³-hybridized carbons (Fsp3) is 0.250. The van der Waals surface area contributed by atoms with Crippen LogP contribution in [0.4, 0.5) is 11.5 Å². The smallest absolute Gasteiger partial charge is 0.260 e. The molecule has 0 bridgehead atoms. The quantitative estimate of drug-likeness (QED) is 0.855. The van der Waals surface area contributed by atoms with Crippen molar-refractivity contribution in [3.05, 3.63) is 48.2 Å². The topological polar surface area (TPSA) is 63.2 Å². The first kappa shape index (κ1) is 14.8. The number of rotatable bonds is 6. The summed E-state index contributed by atoms with van der Waals surface area (Å²) in [7, 11) is 1.54. The van der Waals surface area contributed by atoms with Gasteiger partial charge in [-0.15, -0.1) is 0 Å². The predicted octanol–water partition coefficient (Wildman–Crippen LogP) is 3.16. The molecule has 21 heavy (non-hydrogen) atoms. The highest BCUT2D eigenvalue weighted by atomic mass is 16.5. The van der Waals surface area contributed by atoms with Crippen LogP contribution in [0.25, 0.3) is 0 Å². The second-order valence-electron chi connectivity index (χ2n) is 4.51. The Hall–Kier alpha value is -2.56. The molecular weight excluding hydrogens is 266 g/mol. The molecule has 1 aromatic heterocycles. The van der Waals surface area contributed by atoms with Crippen molar-refractivity contribution in [3.63, 3.8) is 0 Å². The Bertz CT molecular complexity index is 597. The van der Waals surface area contributed by atoms with Gasteiger partial charge in [-0.3, -0.25) is 4.79 Å². The number of para-hydroxylation sites is 1. The molecule has 0 aliphatic rings. The number of aromatic nitrogens is 1. The van der Waals surface area contributed by atoms with Gasteiger partial charge in [0.1, 0.15) is 11.6 Å². The van der Waals surface area contributed by atoms with Crippen LogP contribution >= 0.6 is 0 Å². The summed E-state index contributed by atoms with van der Waals surface area (Å²) >= 11 is 0. The molecule has 0 fully saturated rings. The average Bonchev–Trinajstić information content (AvgIpc) is 2.54. The second-order valence-corrected chi connectivity index (χ2v) is 4.51. The van der Waals surface area contributed by atoms with Crippen molar-refractivity contribution in [2.24, 2.45) is 0 Å². The molecule has 0 aliphatic heterocycles. The fourth-order valence-corrected chi connectivity index (χ4v) is 1.86. The number of ether oxygens (including phenoxy) is 1. The predicted molar refractivity (Wildman–Crippen MR) is 84.0 cm³/mol. The number of methoxy groups -OCH3 is 1. The largest absolute Gasteiger partial charge is 0.496 e. The first-order chi connectivity index (χ1) is 10.2. The second kappa shape index (κ2) is 7.28. The number of hydrogen-bond donors (Lipinski definition) is 2. The Balaban J connectivity index is 2.05. The number of hydrogen-bond acceptors (Lipinski definition) is 4. The molecule has 1 amide bonds. The summed E-state index contributed by atoms with van der Waals surface area (Å²) in [6.07, 6.45) is 2.75. The van der Waals surface area contributed by atoms with Crippen LogP contribution in [-0.2, 0) is 0 Å². The lowest BCUT2D eigenvalue weighted by Gasteiger charge is -2.09. The van der Waals surface area contributed by atoms with Crippen LogP contribution in [0.1, 0.15) is 23.7 Å². The third kappa shape index (κ3) is 3.95. The van der Waals surface area contributed by atoms with E-state index in [-0.39, 0.29) is 5.91 Å². The van der Waals surface area contributed by atoms with Gasteiger partial charge in [0.05, 0.1) is 24.6 Å². The third-order valence-electron chi connectivity index (χ3n) is 2.94. The summed E-state index contributed by atoms with van der Waals surface area (Å²) in [4.78, 5) is 16.4. The lowest BCUT2D eigenvalue weighted by atomic mass is 10.2. The van der Waals surface area contributed by atoms with E-state index in [2.05, 4.69) is 22.5 Å². The lowest BCUT2D eigenvalue weighted by Crippen LogP contribution is -2.14. The fourth-order valence-electron chi connectivity index (χ4n) is 1.86. The van der Waals surface area contributed by atoms with Gasteiger partial charge in [0.15, 0.2) is 0 Å². The van der Waals surface area contributed by atoms with Crippen LogP contribution in [0.2, 0.25) is 0 Å². The van der Waals surface area contributed by atoms with Crippen molar-refractivity contribution in [1.82, 2.24) is 4.98 Å². The molecule has 5 nitrogen and oxygen atoms in total. The molecule has 1 heterocycles. The Labute approximate surface area is 124 Å². The minimum atomic E-state index is -0.241. The maximum atomic E-state index is 12.2. The molecule has 0 spiro atoms. The number of carbonyl (C=O) groups excluding carboxylic acids is 1. The summed E-state index contributed by atoms with van der Waals surface area (Å²) in [5.74, 6) is 0.804. The van der Waals surface area contributed by atoms with Crippen molar-refractivity contribution in [2.75, 3.05) is 24.3 Å². The van der Waals surface area contributed by atoms with E-state index in [9.17, 15) is 4.79 Å². The zero-order chi connectivity index (χ0) is 15.1. The highest BCUT2D eigenvalue weighted by Crippen LogP contribution is 2.19. The molecule has 0 radical (unpaired) electrons. The number of benzene rings is 1. The van der Waals surface area contributed by atoms with Crippen LogP contribution in [0.3, 0.4) is 0 Å². The molecule has 0 aliphatic carbocycles. The number of carbonyl (C=O) groups is 1. The van der Waals surface area contributed by atoms with Crippen LogP contribution in [0.15, 0.2) is 42.6 Å². The van der Waals surface area contributed by atoms with Crippen molar-refractivity contribution in [1.29, 1.82) is 0 Å². The summed E-state index contributed by atoms with van der Waals surface area (Å²) < 4.78 is 5.18. The molecule has 0 atom stereocenters. The zero-order valence-corrected chi connectivity index (χ0v) is 12.2. The van der Waals surface area contributed by atoms with E-state index >= 15 is 0 Å². The van der Waals surface area contributed by atoms with Gasteiger partial charge < -0.3 is 15.4 Å². The van der Waals surface area contributed by atoms with Crippen LogP contribution in [0, 0.1) is 0 Å². The number of nitrogens with one attached hydrogen (secondary N) is 2. The highest BCUT2D eigenvalue weighted by Gasteiger charge is 2.11. The lowest BCUT2D eigenvalue weighted by molar-refractivity contribution is 0.102. The SMILES string of the molecule is CCCNc1ccc(NC(=O)c2ccccc2OC)nc1. The molecule has 2 N–H and O–H groups in total. The van der Waals surface area contributed by atoms with E-state index in [1.807, 2.05) is 12.1 Å². The number of pyridine rings is 1. The summed E-state index contributed by atoms with van der Waals surface area (Å²) in [5, 5.41) is 5.99. The molecule has 0 unspecified atom stereocenters. The Kier molecular flexibility index (Phi) is 5.15. The highest BCUT2D eigenvalue weighted by molar-refractivity contribution is 6.05. The van der Waals surface area contributed by atoms with Gasteiger partial charge in [-0.05, 0) is 30.7 Å². The van der Waals surface area contributed by atoms with Gasteiger partial charge >= 0.3 is 0 Å². The van der Waals surface area contributed by atoms with Gasteiger partial charge in [0, 0.05) is 6.54 Å². The Morgan fingerprint density at radius 1 is 1.24 bits per heavy atom. The molecule has 5 heteroatoms. The minimum absolute atomic E-state index is 0.241. The van der Waals surface area contributed by atoms with E-state index in [0.29, 0.717) is 17.1 Å². The van der Waals surface area contributed by atoms with Crippen molar-refractivity contribution >= 4 is 17.4 Å². The Morgan fingerprint density at radius 2 is 2.05 bits per heavy atom. The van der Waals surface area contributed by atoms with Gasteiger partial charge in [0.2, 0.25) is 0 Å². The van der Waals surface area contributed by atoms with Gasteiger partial charge in [-0.1, -0.05) is 19.1 Å². The standard InChI is InChI=1S/C16H19N3O2/c1-3-10-17-12-8-9-15(18-11-12)19-16(20)13-6-4-5-7-14(13)21-2/h4-9,11,17H,3,10H2,1-2H3,(H,18,19,20). The van der Waals surface area contributed by atoms with E-state index in [1.54, 1.807) is 37.6 Å². The van der Waals surface area contributed by atoms with Gasteiger partial charge in [-0.25, -0.2) is 4.98 Å². The number of amides is 1. The Morgan fingerprint density at radius 3 is 2.71 bits per heavy atom. The summed E-state index contributed by atoms with van der Waals surface area (Å²) in [6.45, 7) is 3.00. The maximum Gasteiger partial charge on any atom is 0.260 e. The monoisotopic (exact) mass is 285 g/mol. The first-order valence-electron chi connectivity index (χ1n) is 6.89. The van der Waals surface area contributed by atoms with Crippen molar-refractivity contribution < 1.29 is 9.53 Å². The van der Waals surface area contributed by atoms with E-state index in [4.69, 9.17) is 4.74 Å².